The first-order valence-corrected chi connectivity index (χ1v) is 6.67. The summed E-state index contributed by atoms with van der Waals surface area (Å²) in [5, 5.41) is 3.32. The Labute approximate surface area is 115 Å². The zero-order valence-corrected chi connectivity index (χ0v) is 11.9. The summed E-state index contributed by atoms with van der Waals surface area (Å²) in [7, 11) is 1.66. The fourth-order valence-corrected chi connectivity index (χ4v) is 1.84. The van der Waals surface area contributed by atoms with Crippen LogP contribution in [-0.2, 0) is 16.0 Å². The molecule has 19 heavy (non-hydrogen) atoms. The van der Waals surface area contributed by atoms with Crippen molar-refractivity contribution in [1.29, 1.82) is 0 Å². The SMILES string of the molecule is CCOC(=O)CCNC(C)Cc1ccc(OC)cc1. The first-order chi connectivity index (χ1) is 9.15. The smallest absolute Gasteiger partial charge is 0.307 e. The predicted molar refractivity (Wildman–Crippen MR) is 75.4 cm³/mol. The molecule has 0 bridgehead atoms. The van der Waals surface area contributed by atoms with Crippen molar-refractivity contribution in [3.63, 3.8) is 0 Å². The maximum atomic E-state index is 11.2. The number of nitrogens with one attached hydrogen (secondary N) is 1. The van der Waals surface area contributed by atoms with Crippen LogP contribution in [0.25, 0.3) is 0 Å². The summed E-state index contributed by atoms with van der Waals surface area (Å²) in [4.78, 5) is 11.2. The van der Waals surface area contributed by atoms with Crippen molar-refractivity contribution in [3.8, 4) is 5.75 Å². The molecular formula is C15H23NO3. The van der Waals surface area contributed by atoms with Crippen LogP contribution < -0.4 is 10.1 Å². The van der Waals surface area contributed by atoms with Gasteiger partial charge in [0.25, 0.3) is 0 Å². The van der Waals surface area contributed by atoms with Gasteiger partial charge in [0.2, 0.25) is 0 Å². The topological polar surface area (TPSA) is 47.6 Å². The van der Waals surface area contributed by atoms with E-state index in [0.29, 0.717) is 25.6 Å². The van der Waals surface area contributed by atoms with Gasteiger partial charge in [-0.25, -0.2) is 0 Å². The lowest BCUT2D eigenvalue weighted by atomic mass is 10.1. The zero-order valence-electron chi connectivity index (χ0n) is 11.9. The lowest BCUT2D eigenvalue weighted by Gasteiger charge is -2.13. The van der Waals surface area contributed by atoms with Gasteiger partial charge in [0.15, 0.2) is 0 Å². The standard InChI is InChI=1S/C15H23NO3/c1-4-19-15(17)9-10-16-12(2)11-13-5-7-14(18-3)8-6-13/h5-8,12,16H,4,9-11H2,1-3H3. The van der Waals surface area contributed by atoms with Crippen LogP contribution in [-0.4, -0.2) is 32.3 Å². The van der Waals surface area contributed by atoms with Crippen LogP contribution in [0.2, 0.25) is 0 Å². The van der Waals surface area contributed by atoms with Gasteiger partial charge in [0, 0.05) is 12.6 Å². The summed E-state index contributed by atoms with van der Waals surface area (Å²) in [5.41, 5.74) is 1.25. The highest BCUT2D eigenvalue weighted by molar-refractivity contribution is 5.69. The van der Waals surface area contributed by atoms with Gasteiger partial charge in [-0.05, 0) is 38.0 Å². The van der Waals surface area contributed by atoms with E-state index >= 15 is 0 Å². The van der Waals surface area contributed by atoms with Crippen LogP contribution in [0.4, 0.5) is 0 Å². The maximum absolute atomic E-state index is 11.2. The Morgan fingerprint density at radius 2 is 2.00 bits per heavy atom. The third kappa shape index (κ3) is 6.25. The second kappa shape index (κ2) is 8.53. The fraction of sp³-hybridized carbons (Fsp3) is 0.533. The van der Waals surface area contributed by atoms with E-state index in [9.17, 15) is 4.79 Å². The Morgan fingerprint density at radius 1 is 1.32 bits per heavy atom. The minimum atomic E-state index is -0.147. The van der Waals surface area contributed by atoms with E-state index in [0.717, 1.165) is 12.2 Å². The second-order valence-corrected chi connectivity index (χ2v) is 4.46. The van der Waals surface area contributed by atoms with Crippen molar-refractivity contribution in [3.05, 3.63) is 29.8 Å². The highest BCUT2D eigenvalue weighted by Gasteiger charge is 2.05. The molecule has 106 valence electrons. The first kappa shape index (κ1) is 15.5. The van der Waals surface area contributed by atoms with Crippen molar-refractivity contribution >= 4 is 5.97 Å². The summed E-state index contributed by atoms with van der Waals surface area (Å²) in [6, 6.07) is 8.36. The van der Waals surface area contributed by atoms with Crippen molar-refractivity contribution in [2.75, 3.05) is 20.3 Å². The van der Waals surface area contributed by atoms with Gasteiger partial charge in [-0.15, -0.1) is 0 Å². The Kier molecular flexibility index (Phi) is 6.97. The number of methoxy groups -OCH3 is 1. The number of esters is 1. The normalized spacial score (nSPS) is 11.9. The van der Waals surface area contributed by atoms with Crippen LogP contribution in [0.15, 0.2) is 24.3 Å². The van der Waals surface area contributed by atoms with Crippen LogP contribution in [0.1, 0.15) is 25.8 Å². The van der Waals surface area contributed by atoms with Gasteiger partial charge in [0.05, 0.1) is 20.1 Å². The van der Waals surface area contributed by atoms with Gasteiger partial charge in [-0.1, -0.05) is 12.1 Å². The summed E-state index contributed by atoms with van der Waals surface area (Å²) in [5.74, 6) is 0.721. The molecule has 0 heterocycles. The van der Waals surface area contributed by atoms with Crippen LogP contribution >= 0.6 is 0 Å². The molecular weight excluding hydrogens is 242 g/mol. The molecule has 0 aliphatic heterocycles. The monoisotopic (exact) mass is 265 g/mol. The Balaban J connectivity index is 2.26. The fourth-order valence-electron chi connectivity index (χ4n) is 1.84. The molecule has 0 saturated heterocycles. The molecule has 0 spiro atoms. The van der Waals surface area contributed by atoms with Crippen LogP contribution in [0.3, 0.4) is 0 Å². The van der Waals surface area contributed by atoms with Gasteiger partial charge < -0.3 is 14.8 Å². The minimum Gasteiger partial charge on any atom is -0.497 e. The van der Waals surface area contributed by atoms with Gasteiger partial charge >= 0.3 is 5.97 Å². The summed E-state index contributed by atoms with van der Waals surface area (Å²) < 4.78 is 10.00. The van der Waals surface area contributed by atoms with Crippen LogP contribution in [0.5, 0.6) is 5.75 Å². The lowest BCUT2D eigenvalue weighted by molar-refractivity contribution is -0.142. The molecule has 1 N–H and O–H groups in total. The number of carbonyl (C=O) groups is 1. The number of benzene rings is 1. The molecule has 1 unspecified atom stereocenters. The summed E-state index contributed by atoms with van der Waals surface area (Å²) >= 11 is 0. The number of hydrogen-bond donors (Lipinski definition) is 1. The third-order valence-corrected chi connectivity index (χ3v) is 2.83. The first-order valence-electron chi connectivity index (χ1n) is 6.67. The highest BCUT2D eigenvalue weighted by atomic mass is 16.5. The molecule has 1 rings (SSSR count). The quantitative estimate of drug-likeness (QED) is 0.732. The average molecular weight is 265 g/mol. The molecule has 0 aromatic heterocycles. The van der Waals surface area contributed by atoms with E-state index in [4.69, 9.17) is 9.47 Å². The summed E-state index contributed by atoms with van der Waals surface area (Å²) in [6.45, 7) is 5.02. The molecule has 4 nitrogen and oxygen atoms in total. The molecule has 0 aliphatic carbocycles. The van der Waals surface area contributed by atoms with Crippen molar-refractivity contribution in [2.45, 2.75) is 32.7 Å². The van der Waals surface area contributed by atoms with E-state index in [-0.39, 0.29) is 5.97 Å². The third-order valence-electron chi connectivity index (χ3n) is 2.83. The zero-order chi connectivity index (χ0) is 14.1. The molecule has 0 fully saturated rings. The largest absolute Gasteiger partial charge is 0.497 e. The van der Waals surface area contributed by atoms with E-state index in [1.54, 1.807) is 7.11 Å². The van der Waals surface area contributed by atoms with Gasteiger partial charge in [0.1, 0.15) is 5.75 Å². The van der Waals surface area contributed by atoms with Crippen molar-refractivity contribution in [2.24, 2.45) is 0 Å². The van der Waals surface area contributed by atoms with Crippen molar-refractivity contribution < 1.29 is 14.3 Å². The number of rotatable bonds is 8. The molecule has 4 heteroatoms. The summed E-state index contributed by atoms with van der Waals surface area (Å²) in [6.07, 6.45) is 1.34. The van der Waals surface area contributed by atoms with Gasteiger partial charge in [-0.3, -0.25) is 4.79 Å². The number of carbonyl (C=O) groups excluding carboxylic acids is 1. The molecule has 0 amide bonds. The van der Waals surface area contributed by atoms with E-state index in [1.165, 1.54) is 5.56 Å². The molecule has 0 aliphatic rings. The molecule has 0 radical (unpaired) electrons. The molecule has 0 saturated carbocycles. The minimum absolute atomic E-state index is 0.147. The second-order valence-electron chi connectivity index (χ2n) is 4.46. The van der Waals surface area contributed by atoms with Crippen molar-refractivity contribution in [1.82, 2.24) is 5.32 Å². The van der Waals surface area contributed by atoms with E-state index in [1.807, 2.05) is 19.1 Å². The highest BCUT2D eigenvalue weighted by Crippen LogP contribution is 2.12. The van der Waals surface area contributed by atoms with Crippen LogP contribution in [0, 0.1) is 0 Å². The Bertz CT molecular complexity index is 375. The number of hydrogen-bond acceptors (Lipinski definition) is 4. The van der Waals surface area contributed by atoms with E-state index < -0.39 is 0 Å². The predicted octanol–water partition coefficient (Wildman–Crippen LogP) is 2.17. The Morgan fingerprint density at radius 3 is 2.58 bits per heavy atom. The Hall–Kier alpha value is -1.55. The average Bonchev–Trinajstić information content (AvgIpc) is 2.40. The maximum Gasteiger partial charge on any atom is 0.307 e. The molecule has 1 atom stereocenters. The molecule has 1 aromatic rings. The van der Waals surface area contributed by atoms with Gasteiger partial charge in [-0.2, -0.15) is 0 Å². The van der Waals surface area contributed by atoms with E-state index in [2.05, 4.69) is 24.4 Å². The lowest BCUT2D eigenvalue weighted by Crippen LogP contribution is -2.30. The molecule has 1 aromatic carbocycles. The number of ether oxygens (including phenoxy) is 2.